The monoisotopic (exact) mass is 377 g/mol. The molecule has 7 heteroatoms. The zero-order chi connectivity index (χ0) is 19.0. The molecule has 2 aromatic carbocycles. The molecule has 0 saturated heterocycles. The topological polar surface area (TPSA) is 72.2 Å². The maximum absolute atomic E-state index is 12.6. The lowest BCUT2D eigenvalue weighted by atomic mass is 10.1. The van der Waals surface area contributed by atoms with E-state index in [1.165, 1.54) is 0 Å². The van der Waals surface area contributed by atoms with Gasteiger partial charge in [0.1, 0.15) is 0 Å². The van der Waals surface area contributed by atoms with Gasteiger partial charge in [0.25, 0.3) is 5.91 Å². The van der Waals surface area contributed by atoms with Gasteiger partial charge in [0, 0.05) is 16.3 Å². The van der Waals surface area contributed by atoms with E-state index in [2.05, 4.69) is 20.6 Å². The Bertz CT molecular complexity index is 1170. The third-order valence-electron chi connectivity index (χ3n) is 4.28. The van der Waals surface area contributed by atoms with Crippen LogP contribution in [0.3, 0.4) is 0 Å². The fourth-order valence-corrected chi connectivity index (χ4v) is 3.13. The summed E-state index contributed by atoms with van der Waals surface area (Å²) in [5.41, 5.74) is 4.87. The van der Waals surface area contributed by atoms with Crippen molar-refractivity contribution in [3.05, 3.63) is 76.7 Å². The Labute approximate surface area is 160 Å². The number of carbonyl (C=O) groups excluding carboxylic acids is 1. The van der Waals surface area contributed by atoms with Crippen LogP contribution in [0.25, 0.3) is 16.8 Å². The second-order valence-electron chi connectivity index (χ2n) is 6.26. The van der Waals surface area contributed by atoms with Crippen LogP contribution in [0.1, 0.15) is 21.7 Å². The van der Waals surface area contributed by atoms with E-state index in [0.717, 1.165) is 16.7 Å². The first kappa shape index (κ1) is 17.2. The van der Waals surface area contributed by atoms with Crippen molar-refractivity contribution in [2.45, 2.75) is 13.8 Å². The molecule has 0 saturated carbocycles. The highest BCUT2D eigenvalue weighted by Crippen LogP contribution is 2.26. The van der Waals surface area contributed by atoms with Crippen molar-refractivity contribution in [1.29, 1.82) is 0 Å². The number of amides is 1. The lowest BCUT2D eigenvalue weighted by Crippen LogP contribution is -2.18. The molecular formula is C20H16ClN5O. The second-order valence-corrected chi connectivity index (χ2v) is 6.70. The molecule has 4 rings (SSSR count). The van der Waals surface area contributed by atoms with E-state index in [4.69, 9.17) is 11.6 Å². The fraction of sp³-hybridized carbons (Fsp3) is 0.100. The Balaban J connectivity index is 1.72. The summed E-state index contributed by atoms with van der Waals surface area (Å²) >= 11 is 6.08. The number of benzene rings is 2. The van der Waals surface area contributed by atoms with E-state index in [1.807, 2.05) is 49.4 Å². The molecule has 134 valence electrons. The van der Waals surface area contributed by atoms with Gasteiger partial charge in [-0.05, 0) is 49.2 Å². The molecule has 0 aliphatic rings. The molecule has 0 fully saturated rings. The molecule has 6 nitrogen and oxygen atoms in total. The van der Waals surface area contributed by atoms with Crippen molar-refractivity contribution < 1.29 is 4.79 Å². The van der Waals surface area contributed by atoms with E-state index >= 15 is 0 Å². The predicted octanol–water partition coefficient (Wildman–Crippen LogP) is 4.31. The van der Waals surface area contributed by atoms with Gasteiger partial charge < -0.3 is 5.32 Å². The van der Waals surface area contributed by atoms with Crippen molar-refractivity contribution in [3.63, 3.8) is 0 Å². The first-order chi connectivity index (χ1) is 13.0. The van der Waals surface area contributed by atoms with Gasteiger partial charge in [0.15, 0.2) is 11.3 Å². The molecule has 0 aliphatic heterocycles. The molecule has 1 N–H and O–H groups in total. The molecule has 0 radical (unpaired) electrons. The van der Waals surface area contributed by atoms with Gasteiger partial charge in [-0.25, -0.2) is 4.52 Å². The Morgan fingerprint density at radius 3 is 2.67 bits per heavy atom. The number of anilines is 1. The number of halogens is 1. The van der Waals surface area contributed by atoms with Crippen molar-refractivity contribution in [1.82, 2.24) is 19.8 Å². The van der Waals surface area contributed by atoms with E-state index in [0.29, 0.717) is 22.1 Å². The highest BCUT2D eigenvalue weighted by molar-refractivity contribution is 6.30. The third kappa shape index (κ3) is 3.27. The van der Waals surface area contributed by atoms with E-state index in [1.54, 1.807) is 23.7 Å². The van der Waals surface area contributed by atoms with Crippen LogP contribution < -0.4 is 5.32 Å². The average molecular weight is 378 g/mol. The number of nitrogens with one attached hydrogen (secondary N) is 1. The van der Waals surface area contributed by atoms with Gasteiger partial charge in [-0.2, -0.15) is 5.10 Å². The van der Waals surface area contributed by atoms with Crippen molar-refractivity contribution in [2.24, 2.45) is 0 Å². The number of rotatable bonds is 3. The maximum atomic E-state index is 12.6. The van der Waals surface area contributed by atoms with E-state index < -0.39 is 0 Å². The smallest absolute Gasteiger partial charge is 0.278 e. The Kier molecular flexibility index (Phi) is 4.33. The maximum Gasteiger partial charge on any atom is 0.278 e. The number of aryl methyl sites for hydroxylation is 2. The van der Waals surface area contributed by atoms with Gasteiger partial charge >= 0.3 is 0 Å². The Morgan fingerprint density at radius 2 is 1.89 bits per heavy atom. The summed E-state index contributed by atoms with van der Waals surface area (Å²) in [6.45, 7) is 3.76. The van der Waals surface area contributed by atoms with Crippen LogP contribution >= 0.6 is 11.6 Å². The number of nitrogens with zero attached hydrogens (tertiary/aromatic N) is 4. The standard InChI is InChI=1S/C20H16ClN5O/c1-12-5-3-8-16(9-12)23-20(27)18-13(2)26-19(25-24-18)17(11-22-26)14-6-4-7-15(21)10-14/h3-11H,1-2H3,(H,23,27). The van der Waals surface area contributed by atoms with Crippen LogP contribution in [0, 0.1) is 13.8 Å². The molecule has 0 unspecified atom stereocenters. The van der Waals surface area contributed by atoms with Gasteiger partial charge in [0.05, 0.1) is 11.9 Å². The minimum Gasteiger partial charge on any atom is -0.321 e. The zero-order valence-electron chi connectivity index (χ0n) is 14.8. The van der Waals surface area contributed by atoms with Crippen LogP contribution in [0.5, 0.6) is 0 Å². The number of hydrogen-bond acceptors (Lipinski definition) is 4. The molecule has 0 bridgehead atoms. The van der Waals surface area contributed by atoms with Crippen molar-refractivity contribution >= 4 is 28.8 Å². The summed E-state index contributed by atoms with van der Waals surface area (Å²) < 4.78 is 1.62. The van der Waals surface area contributed by atoms with Gasteiger partial charge in [0.2, 0.25) is 0 Å². The average Bonchev–Trinajstić information content (AvgIpc) is 3.07. The molecule has 4 aromatic rings. The van der Waals surface area contributed by atoms with Gasteiger partial charge in [-0.3, -0.25) is 4.79 Å². The van der Waals surface area contributed by atoms with E-state index in [9.17, 15) is 4.79 Å². The number of carbonyl (C=O) groups is 1. The summed E-state index contributed by atoms with van der Waals surface area (Å²) in [6.07, 6.45) is 1.70. The summed E-state index contributed by atoms with van der Waals surface area (Å²) in [7, 11) is 0. The molecule has 0 aliphatic carbocycles. The third-order valence-corrected chi connectivity index (χ3v) is 4.51. The summed E-state index contributed by atoms with van der Waals surface area (Å²) in [4.78, 5) is 12.6. The minimum atomic E-state index is -0.327. The summed E-state index contributed by atoms with van der Waals surface area (Å²) in [5, 5.41) is 16.2. The molecule has 0 spiro atoms. The normalized spacial score (nSPS) is 10.9. The second kappa shape index (κ2) is 6.81. The number of aromatic nitrogens is 4. The molecular weight excluding hydrogens is 362 g/mol. The van der Waals surface area contributed by atoms with Crippen molar-refractivity contribution in [3.8, 4) is 11.1 Å². The zero-order valence-corrected chi connectivity index (χ0v) is 15.5. The largest absolute Gasteiger partial charge is 0.321 e. The summed E-state index contributed by atoms with van der Waals surface area (Å²) in [6, 6.07) is 15.0. The lowest BCUT2D eigenvalue weighted by molar-refractivity contribution is 0.102. The van der Waals surface area contributed by atoms with Gasteiger partial charge in [-0.15, -0.1) is 10.2 Å². The Hall–Kier alpha value is -3.25. The van der Waals surface area contributed by atoms with Crippen LogP contribution in [-0.4, -0.2) is 25.7 Å². The number of hydrogen-bond donors (Lipinski definition) is 1. The van der Waals surface area contributed by atoms with Crippen LogP contribution in [0.15, 0.2) is 54.7 Å². The Morgan fingerprint density at radius 1 is 1.07 bits per heavy atom. The number of fused-ring (bicyclic) bond motifs is 1. The highest BCUT2D eigenvalue weighted by atomic mass is 35.5. The lowest BCUT2D eigenvalue weighted by Gasteiger charge is -2.08. The molecule has 27 heavy (non-hydrogen) atoms. The van der Waals surface area contributed by atoms with E-state index in [-0.39, 0.29) is 11.6 Å². The SMILES string of the molecule is Cc1cccc(NC(=O)c2nnc3c(-c4cccc(Cl)c4)cnn3c2C)c1. The first-order valence-electron chi connectivity index (χ1n) is 8.38. The fourth-order valence-electron chi connectivity index (χ4n) is 2.94. The molecule has 2 heterocycles. The molecule has 1 amide bonds. The molecule has 2 aromatic heterocycles. The molecule has 0 atom stereocenters. The summed E-state index contributed by atoms with van der Waals surface area (Å²) in [5.74, 6) is -0.327. The first-order valence-corrected chi connectivity index (χ1v) is 8.76. The highest BCUT2D eigenvalue weighted by Gasteiger charge is 2.18. The van der Waals surface area contributed by atoms with Gasteiger partial charge in [-0.1, -0.05) is 35.9 Å². The van der Waals surface area contributed by atoms with Crippen LogP contribution in [0.2, 0.25) is 5.02 Å². The van der Waals surface area contributed by atoms with Crippen LogP contribution in [-0.2, 0) is 0 Å². The quantitative estimate of drug-likeness (QED) is 0.577. The minimum absolute atomic E-state index is 0.227. The van der Waals surface area contributed by atoms with Crippen LogP contribution in [0.4, 0.5) is 5.69 Å². The van der Waals surface area contributed by atoms with Crippen molar-refractivity contribution in [2.75, 3.05) is 5.32 Å². The predicted molar refractivity (Wildman–Crippen MR) is 105 cm³/mol.